The summed E-state index contributed by atoms with van der Waals surface area (Å²) in [4.78, 5) is 0. The molecule has 3 nitrogen and oxygen atoms in total. The van der Waals surface area contributed by atoms with Gasteiger partial charge in [-0.2, -0.15) is 0 Å². The Hall–Kier alpha value is -1.06. The van der Waals surface area contributed by atoms with Gasteiger partial charge in [0.2, 0.25) is 0 Å². The molecule has 0 aliphatic heterocycles. The lowest BCUT2D eigenvalue weighted by Crippen LogP contribution is -2.34. The highest BCUT2D eigenvalue weighted by Crippen LogP contribution is 2.23. The van der Waals surface area contributed by atoms with E-state index in [1.54, 1.807) is 6.92 Å². The first-order valence-corrected chi connectivity index (χ1v) is 6.49. The largest absolute Gasteiger partial charge is 0.493 e. The second kappa shape index (κ2) is 6.21. The third-order valence-corrected chi connectivity index (χ3v) is 3.32. The summed E-state index contributed by atoms with van der Waals surface area (Å²) in [7, 11) is 0. The topological polar surface area (TPSA) is 55.5 Å². The van der Waals surface area contributed by atoms with Crippen LogP contribution in [-0.2, 0) is 0 Å². The third kappa shape index (κ3) is 4.31. The van der Waals surface area contributed by atoms with Crippen LogP contribution in [0.25, 0.3) is 0 Å². The van der Waals surface area contributed by atoms with E-state index < -0.39 is 5.60 Å². The highest BCUT2D eigenvalue weighted by molar-refractivity contribution is 5.41. The van der Waals surface area contributed by atoms with E-state index >= 15 is 0 Å². The predicted octanol–water partition coefficient (Wildman–Crippen LogP) is 2.48. The fourth-order valence-electron chi connectivity index (χ4n) is 1.89. The lowest BCUT2D eigenvalue weighted by atomic mass is 10.0. The summed E-state index contributed by atoms with van der Waals surface area (Å²) in [6.07, 6.45) is 1.46. The van der Waals surface area contributed by atoms with Crippen molar-refractivity contribution in [1.82, 2.24) is 0 Å². The predicted molar refractivity (Wildman–Crippen MR) is 75.1 cm³/mol. The molecule has 0 bridgehead atoms. The van der Waals surface area contributed by atoms with Crippen LogP contribution in [0, 0.1) is 20.8 Å². The monoisotopic (exact) mass is 251 g/mol. The van der Waals surface area contributed by atoms with Gasteiger partial charge in [-0.3, -0.25) is 0 Å². The molecule has 1 aromatic rings. The second-order valence-corrected chi connectivity index (χ2v) is 5.36. The van der Waals surface area contributed by atoms with E-state index in [-0.39, 0.29) is 6.54 Å². The molecule has 3 heteroatoms. The molecule has 0 spiro atoms. The molecule has 0 heterocycles. The third-order valence-electron chi connectivity index (χ3n) is 3.32. The normalized spacial score (nSPS) is 14.3. The zero-order valence-electron chi connectivity index (χ0n) is 11.9. The van der Waals surface area contributed by atoms with Crippen LogP contribution in [0.2, 0.25) is 0 Å². The number of ether oxygens (including phenoxy) is 1. The quantitative estimate of drug-likeness (QED) is 0.764. The Morgan fingerprint density at radius 2 is 1.94 bits per heavy atom. The molecule has 0 radical (unpaired) electrons. The molecule has 0 saturated heterocycles. The van der Waals surface area contributed by atoms with Gasteiger partial charge in [0.15, 0.2) is 0 Å². The van der Waals surface area contributed by atoms with Crippen molar-refractivity contribution >= 4 is 0 Å². The average Bonchev–Trinajstić information content (AvgIpc) is 2.30. The van der Waals surface area contributed by atoms with Crippen molar-refractivity contribution in [3.8, 4) is 5.75 Å². The number of benzene rings is 1. The number of aryl methyl sites for hydroxylation is 2. The molecule has 1 rings (SSSR count). The molecule has 1 atom stereocenters. The van der Waals surface area contributed by atoms with Crippen LogP contribution in [0.3, 0.4) is 0 Å². The van der Waals surface area contributed by atoms with Gasteiger partial charge in [-0.1, -0.05) is 6.07 Å². The molecule has 1 unspecified atom stereocenters. The maximum atomic E-state index is 9.78. The molecular formula is C15H25NO2. The fourth-order valence-corrected chi connectivity index (χ4v) is 1.89. The van der Waals surface area contributed by atoms with Gasteiger partial charge < -0.3 is 15.6 Å². The Morgan fingerprint density at radius 3 is 2.56 bits per heavy atom. The van der Waals surface area contributed by atoms with Crippen molar-refractivity contribution < 1.29 is 9.84 Å². The summed E-state index contributed by atoms with van der Waals surface area (Å²) in [6, 6.07) is 4.21. The molecule has 0 aliphatic rings. The van der Waals surface area contributed by atoms with Crippen LogP contribution in [-0.4, -0.2) is 23.9 Å². The number of rotatable bonds is 6. The van der Waals surface area contributed by atoms with Crippen molar-refractivity contribution in [2.24, 2.45) is 5.73 Å². The minimum absolute atomic E-state index is 0.287. The average molecular weight is 251 g/mol. The Bertz CT molecular complexity index is 400. The molecule has 0 amide bonds. The lowest BCUT2D eigenvalue weighted by molar-refractivity contribution is 0.0535. The van der Waals surface area contributed by atoms with E-state index in [2.05, 4.69) is 32.9 Å². The molecule has 0 saturated carbocycles. The van der Waals surface area contributed by atoms with Crippen molar-refractivity contribution in [3.63, 3.8) is 0 Å². The van der Waals surface area contributed by atoms with Gasteiger partial charge in [-0.25, -0.2) is 0 Å². The number of nitrogens with two attached hydrogens (primary N) is 1. The van der Waals surface area contributed by atoms with Gasteiger partial charge in [-0.05, 0) is 63.3 Å². The maximum absolute atomic E-state index is 9.78. The van der Waals surface area contributed by atoms with Gasteiger partial charge in [-0.15, -0.1) is 0 Å². The van der Waals surface area contributed by atoms with Crippen LogP contribution >= 0.6 is 0 Å². The highest BCUT2D eigenvalue weighted by atomic mass is 16.5. The van der Waals surface area contributed by atoms with Crippen molar-refractivity contribution in [3.05, 3.63) is 28.8 Å². The van der Waals surface area contributed by atoms with Crippen molar-refractivity contribution in [2.45, 2.75) is 46.1 Å². The second-order valence-electron chi connectivity index (χ2n) is 5.36. The van der Waals surface area contributed by atoms with Crippen LogP contribution in [0.5, 0.6) is 5.75 Å². The molecule has 3 N–H and O–H groups in total. The van der Waals surface area contributed by atoms with Crippen molar-refractivity contribution in [2.75, 3.05) is 13.2 Å². The smallest absolute Gasteiger partial charge is 0.122 e. The zero-order chi connectivity index (χ0) is 13.8. The van der Waals surface area contributed by atoms with Crippen LogP contribution < -0.4 is 10.5 Å². The Morgan fingerprint density at radius 1 is 1.28 bits per heavy atom. The lowest BCUT2D eigenvalue weighted by Gasteiger charge is -2.21. The van der Waals surface area contributed by atoms with E-state index in [0.29, 0.717) is 13.0 Å². The summed E-state index contributed by atoms with van der Waals surface area (Å²) in [5.74, 6) is 0.944. The summed E-state index contributed by atoms with van der Waals surface area (Å²) in [5, 5.41) is 9.78. The Labute approximate surface area is 110 Å². The first-order chi connectivity index (χ1) is 8.35. The molecule has 0 aromatic heterocycles. The standard InChI is InChI=1S/C15H25NO2/c1-11-8-12(2)13(3)14(9-11)18-7-5-6-15(4,17)10-16/h8-9,17H,5-7,10,16H2,1-4H3. The van der Waals surface area contributed by atoms with Crippen molar-refractivity contribution in [1.29, 1.82) is 0 Å². The SMILES string of the molecule is Cc1cc(C)c(C)c(OCCCC(C)(O)CN)c1. The zero-order valence-corrected chi connectivity index (χ0v) is 11.9. The first kappa shape index (κ1) is 15.0. The maximum Gasteiger partial charge on any atom is 0.122 e. The minimum Gasteiger partial charge on any atom is -0.493 e. The minimum atomic E-state index is -0.777. The molecule has 0 fully saturated rings. The van der Waals surface area contributed by atoms with Gasteiger partial charge in [0, 0.05) is 6.54 Å². The summed E-state index contributed by atoms with van der Waals surface area (Å²) >= 11 is 0. The Balaban J connectivity index is 2.50. The van der Waals surface area contributed by atoms with E-state index in [1.807, 2.05) is 0 Å². The van der Waals surface area contributed by atoms with E-state index in [9.17, 15) is 5.11 Å². The first-order valence-electron chi connectivity index (χ1n) is 6.49. The molecular weight excluding hydrogens is 226 g/mol. The van der Waals surface area contributed by atoms with Gasteiger partial charge in [0.1, 0.15) is 5.75 Å². The van der Waals surface area contributed by atoms with E-state index in [0.717, 1.165) is 12.2 Å². The number of hydrogen-bond acceptors (Lipinski definition) is 3. The fraction of sp³-hybridized carbons (Fsp3) is 0.600. The van der Waals surface area contributed by atoms with E-state index in [4.69, 9.17) is 10.5 Å². The van der Waals surface area contributed by atoms with Crippen LogP contribution in [0.15, 0.2) is 12.1 Å². The van der Waals surface area contributed by atoms with Gasteiger partial charge in [0.05, 0.1) is 12.2 Å². The highest BCUT2D eigenvalue weighted by Gasteiger charge is 2.17. The number of aliphatic hydroxyl groups is 1. The number of hydrogen-bond donors (Lipinski definition) is 2. The van der Waals surface area contributed by atoms with Crippen LogP contribution in [0.1, 0.15) is 36.5 Å². The summed E-state index contributed by atoms with van der Waals surface area (Å²) < 4.78 is 5.79. The molecule has 0 aliphatic carbocycles. The van der Waals surface area contributed by atoms with Gasteiger partial charge in [0.25, 0.3) is 0 Å². The van der Waals surface area contributed by atoms with E-state index in [1.165, 1.54) is 16.7 Å². The molecule has 102 valence electrons. The molecule has 1 aromatic carbocycles. The van der Waals surface area contributed by atoms with Gasteiger partial charge >= 0.3 is 0 Å². The van der Waals surface area contributed by atoms with Crippen LogP contribution in [0.4, 0.5) is 0 Å². The molecule has 18 heavy (non-hydrogen) atoms. The summed E-state index contributed by atoms with van der Waals surface area (Å²) in [6.45, 7) is 8.89. The summed E-state index contributed by atoms with van der Waals surface area (Å²) in [5.41, 5.74) is 8.34. The Kier molecular flexibility index (Phi) is 5.17.